The molecule has 0 unspecified atom stereocenters. The number of aromatic nitrogens is 2. The minimum absolute atomic E-state index is 0.389. The van der Waals surface area contributed by atoms with Gasteiger partial charge in [0.2, 0.25) is 0 Å². The summed E-state index contributed by atoms with van der Waals surface area (Å²) in [5.41, 5.74) is 4.50. The molecular weight excluding hydrogens is 388 g/mol. The third-order valence-electron chi connectivity index (χ3n) is 5.26. The molecule has 0 N–H and O–H groups in total. The van der Waals surface area contributed by atoms with E-state index in [1.54, 1.807) is 7.11 Å². The summed E-state index contributed by atoms with van der Waals surface area (Å²) < 4.78 is 19.5. The molecule has 0 spiro atoms. The predicted molar refractivity (Wildman–Crippen MR) is 123 cm³/mol. The Balaban J connectivity index is 1.44. The van der Waals surface area contributed by atoms with Crippen LogP contribution in [0.4, 0.5) is 0 Å². The summed E-state index contributed by atoms with van der Waals surface area (Å²) in [6.07, 6.45) is 0.875. The van der Waals surface area contributed by atoms with Gasteiger partial charge in [0.05, 0.1) is 24.8 Å². The smallest absolute Gasteiger partial charge is 0.147 e. The highest BCUT2D eigenvalue weighted by molar-refractivity contribution is 5.75. The van der Waals surface area contributed by atoms with Crippen LogP contribution in [0.1, 0.15) is 23.4 Å². The van der Waals surface area contributed by atoms with E-state index >= 15 is 0 Å². The molecule has 0 amide bonds. The summed E-state index contributed by atoms with van der Waals surface area (Å²) >= 11 is 0. The fourth-order valence-electron chi connectivity index (χ4n) is 3.69. The van der Waals surface area contributed by atoms with E-state index in [-0.39, 0.29) is 0 Å². The molecule has 1 aromatic heterocycles. The number of benzene rings is 3. The second-order valence-corrected chi connectivity index (χ2v) is 7.61. The third kappa shape index (κ3) is 5.00. The second-order valence-electron chi connectivity index (χ2n) is 7.61. The number of aryl methyl sites for hydroxylation is 3. The Morgan fingerprint density at radius 3 is 2.55 bits per heavy atom. The van der Waals surface area contributed by atoms with Crippen LogP contribution in [0, 0.1) is 13.8 Å². The normalized spacial score (nSPS) is 10.9. The van der Waals surface area contributed by atoms with Gasteiger partial charge in [-0.05, 0) is 56.2 Å². The summed E-state index contributed by atoms with van der Waals surface area (Å²) in [4.78, 5) is 4.80. The number of methoxy groups -OCH3 is 1. The van der Waals surface area contributed by atoms with Crippen LogP contribution >= 0.6 is 0 Å². The number of imidazole rings is 1. The molecular formula is C26H28N2O3. The van der Waals surface area contributed by atoms with Crippen molar-refractivity contribution >= 4 is 11.0 Å². The van der Waals surface area contributed by atoms with E-state index in [9.17, 15) is 0 Å². The van der Waals surface area contributed by atoms with Crippen molar-refractivity contribution < 1.29 is 14.2 Å². The Kier molecular flexibility index (Phi) is 6.41. The van der Waals surface area contributed by atoms with E-state index in [4.69, 9.17) is 19.2 Å². The van der Waals surface area contributed by atoms with Gasteiger partial charge in [0.1, 0.15) is 29.7 Å². The molecule has 1 heterocycles. The number of hydrogen-bond donors (Lipinski definition) is 0. The fraction of sp³-hybridized carbons (Fsp3) is 0.269. The summed E-state index contributed by atoms with van der Waals surface area (Å²) in [7, 11) is 1.65. The molecule has 31 heavy (non-hydrogen) atoms. The van der Waals surface area contributed by atoms with Gasteiger partial charge in [0.15, 0.2) is 0 Å². The minimum atomic E-state index is 0.389. The van der Waals surface area contributed by atoms with Gasteiger partial charge >= 0.3 is 0 Å². The zero-order valence-electron chi connectivity index (χ0n) is 18.3. The van der Waals surface area contributed by atoms with Crippen LogP contribution in [0.3, 0.4) is 0 Å². The molecule has 0 fully saturated rings. The largest absolute Gasteiger partial charge is 0.497 e. The van der Waals surface area contributed by atoms with E-state index < -0.39 is 0 Å². The summed E-state index contributed by atoms with van der Waals surface area (Å²) in [5.74, 6) is 3.38. The van der Waals surface area contributed by atoms with Crippen molar-refractivity contribution in [3.05, 3.63) is 83.7 Å². The van der Waals surface area contributed by atoms with E-state index in [1.807, 2.05) is 48.5 Å². The van der Waals surface area contributed by atoms with E-state index in [0.717, 1.165) is 47.1 Å². The Morgan fingerprint density at radius 2 is 1.71 bits per heavy atom. The first-order chi connectivity index (χ1) is 15.1. The van der Waals surface area contributed by atoms with Gasteiger partial charge in [0.25, 0.3) is 0 Å². The van der Waals surface area contributed by atoms with Crippen molar-refractivity contribution in [2.45, 2.75) is 33.4 Å². The topological polar surface area (TPSA) is 45.5 Å². The molecule has 0 atom stereocenters. The SMILES string of the molecule is COc1cccc(OCc2nc3ccccc3n2CCCOc2ccc(C)cc2C)c1. The van der Waals surface area contributed by atoms with Crippen LogP contribution in [-0.4, -0.2) is 23.3 Å². The Labute approximate surface area is 183 Å². The van der Waals surface area contributed by atoms with Gasteiger partial charge in [0, 0.05) is 12.6 Å². The Hall–Kier alpha value is -3.47. The van der Waals surface area contributed by atoms with E-state index in [1.165, 1.54) is 11.1 Å². The maximum absolute atomic E-state index is 6.02. The van der Waals surface area contributed by atoms with Crippen LogP contribution in [0.15, 0.2) is 66.7 Å². The molecule has 0 bridgehead atoms. The highest BCUT2D eigenvalue weighted by atomic mass is 16.5. The van der Waals surface area contributed by atoms with Crippen molar-refractivity contribution in [1.29, 1.82) is 0 Å². The van der Waals surface area contributed by atoms with Gasteiger partial charge in [-0.15, -0.1) is 0 Å². The highest BCUT2D eigenvalue weighted by Crippen LogP contribution is 2.22. The molecule has 0 aliphatic rings. The van der Waals surface area contributed by atoms with Crippen LogP contribution in [0.25, 0.3) is 11.0 Å². The molecule has 0 aliphatic carbocycles. The van der Waals surface area contributed by atoms with Gasteiger partial charge < -0.3 is 18.8 Å². The number of nitrogens with zero attached hydrogens (tertiary/aromatic N) is 2. The van der Waals surface area contributed by atoms with Crippen LogP contribution in [-0.2, 0) is 13.2 Å². The lowest BCUT2D eigenvalue weighted by Gasteiger charge is -2.13. The highest BCUT2D eigenvalue weighted by Gasteiger charge is 2.11. The molecule has 3 aromatic carbocycles. The van der Waals surface area contributed by atoms with Crippen molar-refractivity contribution in [3.8, 4) is 17.2 Å². The van der Waals surface area contributed by atoms with Gasteiger partial charge in [-0.2, -0.15) is 0 Å². The summed E-state index contributed by atoms with van der Waals surface area (Å²) in [6, 6.07) is 22.1. The quantitative estimate of drug-likeness (QED) is 0.328. The monoisotopic (exact) mass is 416 g/mol. The minimum Gasteiger partial charge on any atom is -0.497 e. The molecule has 0 aliphatic heterocycles. The van der Waals surface area contributed by atoms with Crippen molar-refractivity contribution in [1.82, 2.24) is 9.55 Å². The molecule has 0 saturated carbocycles. The molecule has 5 nitrogen and oxygen atoms in total. The third-order valence-corrected chi connectivity index (χ3v) is 5.26. The summed E-state index contributed by atoms with van der Waals surface area (Å²) in [6.45, 7) is 6.02. The maximum Gasteiger partial charge on any atom is 0.147 e. The summed E-state index contributed by atoms with van der Waals surface area (Å²) in [5, 5.41) is 0. The molecule has 4 rings (SSSR count). The lowest BCUT2D eigenvalue weighted by Crippen LogP contribution is -2.10. The zero-order valence-corrected chi connectivity index (χ0v) is 18.3. The average Bonchev–Trinajstić information content (AvgIpc) is 3.14. The van der Waals surface area contributed by atoms with Crippen LogP contribution in [0.2, 0.25) is 0 Å². The van der Waals surface area contributed by atoms with E-state index in [0.29, 0.717) is 13.2 Å². The van der Waals surface area contributed by atoms with Crippen molar-refractivity contribution in [2.24, 2.45) is 0 Å². The van der Waals surface area contributed by atoms with Crippen LogP contribution in [0.5, 0.6) is 17.2 Å². The van der Waals surface area contributed by atoms with Gasteiger partial charge in [-0.25, -0.2) is 4.98 Å². The van der Waals surface area contributed by atoms with E-state index in [2.05, 4.69) is 36.6 Å². The van der Waals surface area contributed by atoms with Crippen molar-refractivity contribution in [3.63, 3.8) is 0 Å². The molecule has 0 radical (unpaired) electrons. The first-order valence-electron chi connectivity index (χ1n) is 10.5. The second kappa shape index (κ2) is 9.56. The number of ether oxygens (including phenoxy) is 3. The van der Waals surface area contributed by atoms with Crippen LogP contribution < -0.4 is 14.2 Å². The fourth-order valence-corrected chi connectivity index (χ4v) is 3.69. The molecule has 160 valence electrons. The standard InChI is InChI=1S/C26H28N2O3/c1-19-12-13-25(20(2)16-19)30-15-7-14-28-24-11-5-4-10-23(24)27-26(28)18-31-22-9-6-8-21(17-22)29-3/h4-6,8-13,16-17H,7,14-15,18H2,1-3H3. The van der Waals surface area contributed by atoms with Crippen molar-refractivity contribution in [2.75, 3.05) is 13.7 Å². The Bertz CT molecular complexity index is 1170. The number of para-hydroxylation sites is 2. The number of hydrogen-bond acceptors (Lipinski definition) is 4. The molecule has 0 saturated heterocycles. The van der Waals surface area contributed by atoms with Gasteiger partial charge in [-0.3, -0.25) is 0 Å². The van der Waals surface area contributed by atoms with Gasteiger partial charge in [-0.1, -0.05) is 35.9 Å². The zero-order chi connectivity index (χ0) is 21.6. The average molecular weight is 417 g/mol. The molecule has 5 heteroatoms. The molecule has 4 aromatic rings. The maximum atomic E-state index is 6.02. The Morgan fingerprint density at radius 1 is 0.871 bits per heavy atom. The first kappa shape index (κ1) is 20.8. The lowest BCUT2D eigenvalue weighted by atomic mass is 10.1. The number of fused-ring (bicyclic) bond motifs is 1. The predicted octanol–water partition coefficient (Wildman–Crippen LogP) is 5.71. The number of rotatable bonds is 9. The first-order valence-corrected chi connectivity index (χ1v) is 10.5. The lowest BCUT2D eigenvalue weighted by molar-refractivity contribution is 0.278.